The molecule has 2 rings (SSSR count). The number of carbonyl (C=O) groups is 3. The summed E-state index contributed by atoms with van der Waals surface area (Å²) in [7, 11) is 0. The predicted octanol–water partition coefficient (Wildman–Crippen LogP) is 2.10. The van der Waals surface area contributed by atoms with Gasteiger partial charge in [-0.15, -0.1) is 0 Å². The molecular weight excluding hydrogens is 284 g/mol. The monoisotopic (exact) mass is 302 g/mol. The molecule has 6 heteroatoms. The Hall–Kier alpha value is -2.63. The van der Waals surface area contributed by atoms with Crippen LogP contribution in [0.5, 0.6) is 0 Å². The summed E-state index contributed by atoms with van der Waals surface area (Å²) in [6, 6.07) is 6.38. The quantitative estimate of drug-likeness (QED) is 0.525. The number of ether oxygens (including phenoxy) is 1. The van der Waals surface area contributed by atoms with Crippen LogP contribution in [0, 0.1) is 0 Å². The fourth-order valence-electron chi connectivity index (χ4n) is 2.15. The second-order valence-electron chi connectivity index (χ2n) is 5.34. The fourth-order valence-corrected chi connectivity index (χ4v) is 2.15. The van der Waals surface area contributed by atoms with Gasteiger partial charge >= 0.3 is 12.0 Å². The molecule has 0 bridgehead atoms. The van der Waals surface area contributed by atoms with Gasteiger partial charge in [-0.3, -0.25) is 4.79 Å². The molecule has 0 saturated carbocycles. The van der Waals surface area contributed by atoms with Gasteiger partial charge in [0.1, 0.15) is 5.54 Å². The SMILES string of the molecule is CCOC(=O)/C=C/c1ccccc1N1C(=O)NC(C)(C)C1=O. The summed E-state index contributed by atoms with van der Waals surface area (Å²) in [5.41, 5.74) is 0.0579. The Morgan fingerprint density at radius 3 is 2.59 bits per heavy atom. The standard InChI is InChI=1S/C16H18N2O4/c1-4-22-13(19)10-9-11-7-5-6-8-12(11)18-14(20)16(2,3)17-15(18)21/h5-10H,4H2,1-3H3,(H,17,21)/b10-9+. The van der Waals surface area contributed by atoms with Gasteiger partial charge in [-0.2, -0.15) is 0 Å². The summed E-state index contributed by atoms with van der Waals surface area (Å²) < 4.78 is 4.82. The van der Waals surface area contributed by atoms with Crippen LogP contribution in [0.1, 0.15) is 26.3 Å². The van der Waals surface area contributed by atoms with Crippen molar-refractivity contribution in [2.75, 3.05) is 11.5 Å². The molecule has 0 aromatic heterocycles. The molecule has 3 amide bonds. The van der Waals surface area contributed by atoms with Gasteiger partial charge in [0.25, 0.3) is 5.91 Å². The van der Waals surface area contributed by atoms with Crippen LogP contribution >= 0.6 is 0 Å². The number of benzene rings is 1. The average Bonchev–Trinajstić information content (AvgIpc) is 2.66. The molecule has 6 nitrogen and oxygen atoms in total. The topological polar surface area (TPSA) is 75.7 Å². The van der Waals surface area contributed by atoms with Gasteiger partial charge in [-0.1, -0.05) is 18.2 Å². The highest BCUT2D eigenvalue weighted by Gasteiger charge is 2.45. The van der Waals surface area contributed by atoms with E-state index < -0.39 is 17.5 Å². The van der Waals surface area contributed by atoms with E-state index in [-0.39, 0.29) is 12.5 Å². The fraction of sp³-hybridized carbons (Fsp3) is 0.312. The average molecular weight is 302 g/mol. The van der Waals surface area contributed by atoms with Crippen LogP contribution in [0.15, 0.2) is 30.3 Å². The minimum atomic E-state index is -0.949. The zero-order chi connectivity index (χ0) is 16.3. The van der Waals surface area contributed by atoms with E-state index >= 15 is 0 Å². The number of para-hydroxylation sites is 1. The third-order valence-electron chi connectivity index (χ3n) is 3.22. The second-order valence-corrected chi connectivity index (χ2v) is 5.34. The van der Waals surface area contributed by atoms with Crippen molar-refractivity contribution in [2.45, 2.75) is 26.3 Å². The van der Waals surface area contributed by atoms with E-state index in [9.17, 15) is 14.4 Å². The van der Waals surface area contributed by atoms with Crippen molar-refractivity contribution in [1.29, 1.82) is 0 Å². The molecule has 1 aliphatic rings. The Morgan fingerprint density at radius 2 is 2.00 bits per heavy atom. The van der Waals surface area contributed by atoms with Gasteiger partial charge in [0.05, 0.1) is 12.3 Å². The first-order chi connectivity index (χ1) is 10.4. The summed E-state index contributed by atoms with van der Waals surface area (Å²) in [5.74, 6) is -0.815. The lowest BCUT2D eigenvalue weighted by atomic mass is 10.1. The van der Waals surface area contributed by atoms with Crippen LogP contribution in [0.25, 0.3) is 6.08 Å². The molecule has 0 unspecified atom stereocenters. The smallest absolute Gasteiger partial charge is 0.330 e. The Morgan fingerprint density at radius 1 is 1.32 bits per heavy atom. The summed E-state index contributed by atoms with van der Waals surface area (Å²) in [6.45, 7) is 5.29. The Balaban J connectivity index is 2.35. The lowest BCUT2D eigenvalue weighted by molar-refractivity contribution is -0.137. The summed E-state index contributed by atoms with van der Waals surface area (Å²) in [4.78, 5) is 36.9. The van der Waals surface area contributed by atoms with Crippen molar-refractivity contribution in [2.24, 2.45) is 0 Å². The third kappa shape index (κ3) is 3.00. The van der Waals surface area contributed by atoms with Crippen molar-refractivity contribution in [3.63, 3.8) is 0 Å². The zero-order valence-corrected chi connectivity index (χ0v) is 12.8. The van der Waals surface area contributed by atoms with Crippen LogP contribution < -0.4 is 10.2 Å². The molecule has 1 aromatic carbocycles. The second kappa shape index (κ2) is 6.01. The number of carbonyl (C=O) groups excluding carboxylic acids is 3. The lowest BCUT2D eigenvalue weighted by Gasteiger charge is -2.17. The molecule has 0 aliphatic carbocycles. The summed E-state index contributed by atoms with van der Waals surface area (Å²) in [5, 5.41) is 2.63. The van der Waals surface area contributed by atoms with E-state index in [1.165, 1.54) is 12.2 Å². The van der Waals surface area contributed by atoms with Gasteiger partial charge in [0.2, 0.25) is 0 Å². The van der Waals surface area contributed by atoms with Crippen LogP contribution in [0.2, 0.25) is 0 Å². The lowest BCUT2D eigenvalue weighted by Crippen LogP contribution is -2.40. The van der Waals surface area contributed by atoms with Gasteiger partial charge in [0, 0.05) is 6.08 Å². The number of hydrogen-bond donors (Lipinski definition) is 1. The summed E-state index contributed by atoms with van der Waals surface area (Å²) in [6.07, 6.45) is 2.80. The van der Waals surface area contributed by atoms with Crippen LogP contribution in [-0.2, 0) is 14.3 Å². The number of anilines is 1. The molecule has 1 N–H and O–H groups in total. The molecule has 22 heavy (non-hydrogen) atoms. The van der Waals surface area contributed by atoms with E-state index in [1.807, 2.05) is 0 Å². The minimum absolute atomic E-state index is 0.284. The predicted molar refractivity (Wildman–Crippen MR) is 82.2 cm³/mol. The van der Waals surface area contributed by atoms with Gasteiger partial charge in [0.15, 0.2) is 0 Å². The molecule has 0 spiro atoms. The maximum atomic E-state index is 12.4. The van der Waals surface area contributed by atoms with E-state index in [0.29, 0.717) is 11.3 Å². The number of esters is 1. The number of nitrogens with one attached hydrogen (secondary N) is 1. The molecule has 1 heterocycles. The van der Waals surface area contributed by atoms with Gasteiger partial charge < -0.3 is 10.1 Å². The first kappa shape index (κ1) is 15.8. The number of imide groups is 1. The Kier molecular flexibility index (Phi) is 4.30. The number of urea groups is 1. The molecule has 1 saturated heterocycles. The highest BCUT2D eigenvalue weighted by molar-refractivity contribution is 6.23. The third-order valence-corrected chi connectivity index (χ3v) is 3.22. The van der Waals surface area contributed by atoms with E-state index in [4.69, 9.17) is 4.74 Å². The molecule has 1 aliphatic heterocycles. The Labute approximate surface area is 128 Å². The number of hydrogen-bond acceptors (Lipinski definition) is 4. The molecule has 1 fully saturated rings. The maximum Gasteiger partial charge on any atom is 0.330 e. The Bertz CT molecular complexity index is 649. The van der Waals surface area contributed by atoms with Crippen molar-refractivity contribution >= 4 is 29.7 Å². The summed E-state index contributed by atoms with van der Waals surface area (Å²) >= 11 is 0. The van der Waals surface area contributed by atoms with Crippen molar-refractivity contribution < 1.29 is 19.1 Å². The van der Waals surface area contributed by atoms with Crippen LogP contribution in [0.3, 0.4) is 0 Å². The normalized spacial score (nSPS) is 17.0. The first-order valence-electron chi connectivity index (χ1n) is 6.97. The number of rotatable bonds is 4. The molecular formula is C16H18N2O4. The first-order valence-corrected chi connectivity index (χ1v) is 6.97. The highest BCUT2D eigenvalue weighted by Crippen LogP contribution is 2.28. The van der Waals surface area contributed by atoms with E-state index in [0.717, 1.165) is 4.90 Å². The van der Waals surface area contributed by atoms with Crippen molar-refractivity contribution in [3.8, 4) is 0 Å². The number of nitrogens with zero attached hydrogens (tertiary/aromatic N) is 1. The van der Waals surface area contributed by atoms with E-state index in [2.05, 4.69) is 5.32 Å². The van der Waals surface area contributed by atoms with Crippen molar-refractivity contribution in [3.05, 3.63) is 35.9 Å². The van der Waals surface area contributed by atoms with Crippen LogP contribution in [-0.4, -0.2) is 30.1 Å². The van der Waals surface area contributed by atoms with Gasteiger partial charge in [-0.25, -0.2) is 14.5 Å². The molecule has 0 atom stereocenters. The molecule has 1 aromatic rings. The van der Waals surface area contributed by atoms with Crippen LogP contribution in [0.4, 0.5) is 10.5 Å². The highest BCUT2D eigenvalue weighted by atomic mass is 16.5. The zero-order valence-electron chi connectivity index (χ0n) is 12.8. The maximum absolute atomic E-state index is 12.4. The van der Waals surface area contributed by atoms with E-state index in [1.54, 1.807) is 45.0 Å². The minimum Gasteiger partial charge on any atom is -0.463 e. The largest absolute Gasteiger partial charge is 0.463 e. The number of amides is 3. The molecule has 0 radical (unpaired) electrons. The van der Waals surface area contributed by atoms with Gasteiger partial charge in [-0.05, 0) is 38.5 Å². The molecule has 116 valence electrons. The van der Waals surface area contributed by atoms with Crippen molar-refractivity contribution in [1.82, 2.24) is 5.32 Å².